The quantitative estimate of drug-likeness (QED) is 0.670. The molecule has 1 aliphatic heterocycles. The lowest BCUT2D eigenvalue weighted by Gasteiger charge is -2.17. The van der Waals surface area contributed by atoms with Gasteiger partial charge in [-0.15, -0.1) is 0 Å². The molecule has 0 spiro atoms. The Balaban J connectivity index is 2.10. The maximum absolute atomic E-state index is 11.5. The molecule has 0 saturated heterocycles. The van der Waals surface area contributed by atoms with Crippen LogP contribution in [0.15, 0.2) is 18.2 Å². The molecule has 3 nitrogen and oxygen atoms in total. The maximum atomic E-state index is 11.5. The molecule has 0 bridgehead atoms. The van der Waals surface area contributed by atoms with Crippen molar-refractivity contribution in [3.8, 4) is 5.75 Å². The van der Waals surface area contributed by atoms with Crippen LogP contribution in [0.2, 0.25) is 0 Å². The molecule has 2 rings (SSSR count). The number of fused-ring (bicyclic) bond motifs is 1. The Kier molecular flexibility index (Phi) is 3.54. The average molecular weight is 300 g/mol. The number of hydrogen-bond donors (Lipinski definition) is 1. The molecule has 0 aliphatic carbocycles. The zero-order valence-electron chi connectivity index (χ0n) is 11.5. The van der Waals surface area contributed by atoms with Crippen LogP contribution >= 0.6 is 15.9 Å². The van der Waals surface area contributed by atoms with Crippen LogP contribution < -0.4 is 10.1 Å². The van der Waals surface area contributed by atoms with Crippen LogP contribution in [-0.2, 0) is 11.2 Å². The largest absolute Gasteiger partial charge is 0.494 e. The minimum absolute atomic E-state index is 0.133. The van der Waals surface area contributed by atoms with Crippen molar-refractivity contribution in [2.75, 3.05) is 17.3 Å². The van der Waals surface area contributed by atoms with Crippen molar-refractivity contribution in [1.82, 2.24) is 0 Å². The van der Waals surface area contributed by atoms with Gasteiger partial charge >= 0.3 is 0 Å². The molecule has 17 heavy (non-hydrogen) atoms. The van der Waals surface area contributed by atoms with E-state index in [4.69, 9.17) is 7.48 Å². The summed E-state index contributed by atoms with van der Waals surface area (Å²) in [6.45, 7) is 0.616. The van der Waals surface area contributed by atoms with E-state index < -0.39 is 6.37 Å². The molecule has 0 aromatic heterocycles. The van der Waals surface area contributed by atoms with E-state index in [0.29, 0.717) is 23.6 Å². The zero-order chi connectivity index (χ0) is 13.9. The van der Waals surface area contributed by atoms with Gasteiger partial charge in [0.15, 0.2) is 0 Å². The van der Waals surface area contributed by atoms with Gasteiger partial charge in [0, 0.05) is 26.2 Å². The fourth-order valence-electron chi connectivity index (χ4n) is 1.63. The van der Waals surface area contributed by atoms with Crippen molar-refractivity contribution in [1.29, 1.82) is 0 Å². The van der Waals surface area contributed by atoms with Gasteiger partial charge in [0.05, 0.1) is 6.61 Å². The van der Waals surface area contributed by atoms with E-state index in [9.17, 15) is 4.79 Å². The first kappa shape index (κ1) is 9.95. The average Bonchev–Trinajstić information content (AvgIpc) is 2.33. The van der Waals surface area contributed by atoms with Crippen molar-refractivity contribution in [2.24, 2.45) is 0 Å². The molecule has 1 aliphatic rings. The molecule has 1 amide bonds. The maximum Gasteiger partial charge on any atom is 0.224 e. The highest BCUT2D eigenvalue weighted by Crippen LogP contribution is 2.27. The molecule has 0 atom stereocenters. The van der Waals surface area contributed by atoms with Gasteiger partial charge in [-0.05, 0) is 30.8 Å². The predicted octanol–water partition coefficient (Wildman–Crippen LogP) is 3.13. The summed E-state index contributed by atoms with van der Waals surface area (Å²) < 4.78 is 21.3. The van der Waals surface area contributed by atoms with E-state index in [1.807, 2.05) is 0 Å². The predicted molar refractivity (Wildman–Crippen MR) is 71.9 cm³/mol. The van der Waals surface area contributed by atoms with Crippen molar-refractivity contribution in [3.05, 3.63) is 23.8 Å². The summed E-state index contributed by atoms with van der Waals surface area (Å²) in [7, 11) is 0. The summed E-state index contributed by atoms with van der Waals surface area (Å²) in [5, 5.41) is 3.65. The number of carbonyl (C=O) groups is 1. The molecule has 1 N–H and O–H groups in total. The fraction of sp³-hybridized carbons (Fsp3) is 0.462. The Labute approximate surface area is 112 Å². The lowest BCUT2D eigenvalue weighted by atomic mass is 10.0. The number of aryl methyl sites for hydroxylation is 1. The van der Waals surface area contributed by atoms with Gasteiger partial charge in [-0.25, -0.2) is 0 Å². The smallest absolute Gasteiger partial charge is 0.224 e. The fourth-order valence-corrected chi connectivity index (χ4v) is 2.02. The van der Waals surface area contributed by atoms with Gasteiger partial charge in [0.25, 0.3) is 0 Å². The first-order valence-corrected chi connectivity index (χ1v) is 6.78. The molecule has 0 saturated carbocycles. The number of unbranched alkanes of at least 4 members (excludes halogenated alkanes) is 1. The van der Waals surface area contributed by atoms with Gasteiger partial charge in [-0.1, -0.05) is 22.0 Å². The molecule has 1 heterocycles. The second kappa shape index (κ2) is 6.05. The third-order valence-corrected chi connectivity index (χ3v) is 3.06. The first-order chi connectivity index (χ1) is 9.03. The van der Waals surface area contributed by atoms with Crippen molar-refractivity contribution < 1.29 is 12.3 Å². The van der Waals surface area contributed by atoms with Crippen LogP contribution in [0.4, 0.5) is 5.69 Å². The molecular formula is C13H16BrNO2. The highest BCUT2D eigenvalue weighted by atomic mass is 79.9. The number of hydrogen-bond acceptors (Lipinski definition) is 2. The molecule has 1 aromatic carbocycles. The number of nitrogens with one attached hydrogen (secondary N) is 1. The molecule has 4 heteroatoms. The third kappa shape index (κ3) is 3.46. The van der Waals surface area contributed by atoms with Crippen LogP contribution in [0.5, 0.6) is 5.75 Å². The Morgan fingerprint density at radius 1 is 1.47 bits per heavy atom. The standard InChI is InChI=1S/C13H16BrNO2/c14-7-1-2-8-17-11-5-3-10-4-6-13(16)15-12(10)9-11/h3,5,9H,1-2,4,6-8H2,(H,15,16)/i4D2. The number of alkyl halides is 1. The molecular weight excluding hydrogens is 282 g/mol. The number of rotatable bonds is 5. The second-order valence-electron chi connectivity index (χ2n) is 3.85. The van der Waals surface area contributed by atoms with Crippen LogP contribution in [0, 0.1) is 0 Å². The van der Waals surface area contributed by atoms with Gasteiger partial charge in [0.1, 0.15) is 5.75 Å². The van der Waals surface area contributed by atoms with Gasteiger partial charge in [-0.3, -0.25) is 4.79 Å². The normalized spacial score (nSPS) is 18.8. The molecule has 92 valence electrons. The van der Waals surface area contributed by atoms with Crippen molar-refractivity contribution in [3.63, 3.8) is 0 Å². The van der Waals surface area contributed by atoms with Crippen LogP contribution in [-0.4, -0.2) is 17.8 Å². The minimum Gasteiger partial charge on any atom is -0.494 e. The number of amides is 1. The lowest BCUT2D eigenvalue weighted by Crippen LogP contribution is -2.18. The third-order valence-electron chi connectivity index (χ3n) is 2.50. The number of carbonyl (C=O) groups excluding carboxylic acids is 1. The summed E-state index contributed by atoms with van der Waals surface area (Å²) in [4.78, 5) is 11.5. The summed E-state index contributed by atoms with van der Waals surface area (Å²) in [6.07, 6.45) is 0.261. The molecule has 1 aromatic rings. The topological polar surface area (TPSA) is 38.3 Å². The van der Waals surface area contributed by atoms with E-state index in [2.05, 4.69) is 21.2 Å². The van der Waals surface area contributed by atoms with Crippen LogP contribution in [0.1, 0.15) is 27.6 Å². The van der Waals surface area contributed by atoms with E-state index in [1.54, 1.807) is 18.2 Å². The Morgan fingerprint density at radius 2 is 2.35 bits per heavy atom. The van der Waals surface area contributed by atoms with E-state index in [-0.39, 0.29) is 12.3 Å². The first-order valence-electron chi connectivity index (χ1n) is 6.66. The molecule has 0 radical (unpaired) electrons. The SMILES string of the molecule is [2H]C1([2H])CC(=O)Nc2cc(OCCCCBr)ccc21. The number of benzene rings is 1. The van der Waals surface area contributed by atoms with Gasteiger partial charge in [-0.2, -0.15) is 0 Å². The Bertz CT molecular complexity index is 480. The summed E-state index contributed by atoms with van der Waals surface area (Å²) in [6, 6.07) is 5.13. The minimum atomic E-state index is -1.61. The van der Waals surface area contributed by atoms with Crippen LogP contribution in [0.25, 0.3) is 0 Å². The van der Waals surface area contributed by atoms with Gasteiger partial charge < -0.3 is 10.1 Å². The van der Waals surface area contributed by atoms with Gasteiger partial charge in [0.2, 0.25) is 5.91 Å². The van der Waals surface area contributed by atoms with Crippen molar-refractivity contribution in [2.45, 2.75) is 25.6 Å². The number of anilines is 1. The van der Waals surface area contributed by atoms with E-state index in [1.165, 1.54) is 0 Å². The Hall–Kier alpha value is -1.03. The summed E-state index contributed by atoms with van der Waals surface area (Å²) >= 11 is 3.36. The highest BCUT2D eigenvalue weighted by molar-refractivity contribution is 9.09. The molecule has 0 fully saturated rings. The second-order valence-corrected chi connectivity index (χ2v) is 4.65. The zero-order valence-corrected chi connectivity index (χ0v) is 11.0. The Morgan fingerprint density at radius 3 is 3.18 bits per heavy atom. The highest BCUT2D eigenvalue weighted by Gasteiger charge is 2.14. The van der Waals surface area contributed by atoms with E-state index in [0.717, 1.165) is 18.2 Å². The van der Waals surface area contributed by atoms with Crippen LogP contribution in [0.3, 0.4) is 0 Å². The lowest BCUT2D eigenvalue weighted by molar-refractivity contribution is -0.116. The summed E-state index contributed by atoms with van der Waals surface area (Å²) in [5.74, 6) is 0.361. The van der Waals surface area contributed by atoms with Crippen molar-refractivity contribution >= 4 is 27.5 Å². The monoisotopic (exact) mass is 299 g/mol. The molecule has 0 unspecified atom stereocenters. The number of ether oxygens (including phenoxy) is 1. The number of halogens is 1. The van der Waals surface area contributed by atoms with E-state index >= 15 is 0 Å². The summed E-state index contributed by atoms with van der Waals surface area (Å²) in [5.41, 5.74) is 1.03.